The molecule has 6 heteroatoms. The van der Waals surface area contributed by atoms with Crippen LogP contribution in [0, 0.1) is 11.3 Å². The van der Waals surface area contributed by atoms with Crippen LogP contribution in [-0.4, -0.2) is 49.6 Å². The molecule has 2 heterocycles. The average Bonchev–Trinajstić information content (AvgIpc) is 2.75. The molecule has 160 valence electrons. The lowest BCUT2D eigenvalue weighted by Crippen LogP contribution is -2.42. The van der Waals surface area contributed by atoms with Crippen molar-refractivity contribution in [3.8, 4) is 6.07 Å². The zero-order chi connectivity index (χ0) is 21.1. The number of halogens is 1. The van der Waals surface area contributed by atoms with Crippen molar-refractivity contribution in [2.45, 2.75) is 50.7 Å². The van der Waals surface area contributed by atoms with Gasteiger partial charge in [-0.15, -0.1) is 0 Å². The van der Waals surface area contributed by atoms with E-state index in [0.717, 1.165) is 56.0 Å². The molecule has 1 aliphatic carbocycles. The van der Waals surface area contributed by atoms with Crippen molar-refractivity contribution >= 4 is 11.3 Å². The lowest BCUT2D eigenvalue weighted by molar-refractivity contribution is 0.0292. The Morgan fingerprint density at radius 3 is 2.80 bits per heavy atom. The van der Waals surface area contributed by atoms with Crippen LogP contribution in [0.2, 0.25) is 0 Å². The lowest BCUT2D eigenvalue weighted by Gasteiger charge is -2.38. The SMILES string of the molecule is CC1(O)CCN(c2ccc(CC3CNCCO3)cc2C2=CC(F)=C(C#N)CC2)CC1. The van der Waals surface area contributed by atoms with Gasteiger partial charge in [0.2, 0.25) is 0 Å². The van der Waals surface area contributed by atoms with Crippen LogP contribution in [0.5, 0.6) is 0 Å². The predicted molar refractivity (Wildman–Crippen MR) is 116 cm³/mol. The van der Waals surface area contributed by atoms with E-state index in [0.29, 0.717) is 25.7 Å². The van der Waals surface area contributed by atoms with E-state index in [9.17, 15) is 9.50 Å². The summed E-state index contributed by atoms with van der Waals surface area (Å²) in [6.45, 7) is 5.87. The number of hydrogen-bond donors (Lipinski definition) is 2. The molecule has 1 aromatic carbocycles. The number of aliphatic hydroxyl groups is 1. The van der Waals surface area contributed by atoms with Crippen LogP contribution in [0.1, 0.15) is 43.7 Å². The second-order valence-corrected chi connectivity index (χ2v) is 8.84. The molecule has 30 heavy (non-hydrogen) atoms. The Labute approximate surface area is 177 Å². The van der Waals surface area contributed by atoms with Gasteiger partial charge in [0.25, 0.3) is 0 Å². The van der Waals surface area contributed by atoms with Gasteiger partial charge in [-0.1, -0.05) is 6.07 Å². The molecule has 1 aromatic rings. The number of rotatable bonds is 4. The van der Waals surface area contributed by atoms with E-state index in [1.54, 1.807) is 0 Å². The van der Waals surface area contributed by atoms with Gasteiger partial charge >= 0.3 is 0 Å². The zero-order valence-corrected chi connectivity index (χ0v) is 17.6. The van der Waals surface area contributed by atoms with E-state index in [1.165, 1.54) is 11.6 Å². The van der Waals surface area contributed by atoms with Crippen LogP contribution in [0.15, 0.2) is 35.7 Å². The number of morpholine rings is 1. The first-order valence-corrected chi connectivity index (χ1v) is 10.9. The Balaban J connectivity index is 1.65. The Morgan fingerprint density at radius 1 is 1.33 bits per heavy atom. The summed E-state index contributed by atoms with van der Waals surface area (Å²) in [4.78, 5) is 2.29. The van der Waals surface area contributed by atoms with Gasteiger partial charge in [0.15, 0.2) is 0 Å². The summed E-state index contributed by atoms with van der Waals surface area (Å²) in [6.07, 6.45) is 4.99. The highest BCUT2D eigenvalue weighted by Gasteiger charge is 2.29. The van der Waals surface area contributed by atoms with Gasteiger partial charge in [-0.05, 0) is 68.4 Å². The summed E-state index contributed by atoms with van der Waals surface area (Å²) in [5.74, 6) is -0.420. The molecule has 0 radical (unpaired) electrons. The lowest BCUT2D eigenvalue weighted by atomic mass is 9.88. The highest BCUT2D eigenvalue weighted by Crippen LogP contribution is 2.38. The highest BCUT2D eigenvalue weighted by molar-refractivity contribution is 5.80. The van der Waals surface area contributed by atoms with Crippen LogP contribution in [-0.2, 0) is 11.2 Å². The molecule has 2 fully saturated rings. The molecule has 0 spiro atoms. The summed E-state index contributed by atoms with van der Waals surface area (Å²) >= 11 is 0. The fraction of sp³-hybridized carbons (Fsp3) is 0.542. The standard InChI is InChI=1S/C24H30FN3O2/c1-24(29)6-9-28(10-7-24)23-5-2-17(12-20-16-27-8-11-30-20)13-21(23)18-3-4-19(15-26)22(25)14-18/h2,5,13-14,20,27,29H,3-4,6-12,16H2,1H3. The van der Waals surface area contributed by atoms with E-state index in [4.69, 9.17) is 10.00 Å². The van der Waals surface area contributed by atoms with E-state index in [2.05, 4.69) is 28.4 Å². The zero-order valence-electron chi connectivity index (χ0n) is 17.6. The van der Waals surface area contributed by atoms with Crippen LogP contribution in [0.25, 0.3) is 5.57 Å². The van der Waals surface area contributed by atoms with Gasteiger partial charge in [-0.25, -0.2) is 4.39 Å². The summed E-state index contributed by atoms with van der Waals surface area (Å²) in [5, 5.41) is 22.8. The minimum atomic E-state index is -0.622. The van der Waals surface area contributed by atoms with Crippen molar-refractivity contribution in [2.24, 2.45) is 0 Å². The second kappa shape index (κ2) is 8.89. The number of benzene rings is 1. The fourth-order valence-corrected chi connectivity index (χ4v) is 4.50. The summed E-state index contributed by atoms with van der Waals surface area (Å²) in [5.41, 5.74) is 3.82. The van der Waals surface area contributed by atoms with E-state index in [1.807, 2.05) is 13.0 Å². The smallest absolute Gasteiger partial charge is 0.137 e. The third-order valence-corrected chi connectivity index (χ3v) is 6.42. The molecule has 4 rings (SSSR count). The molecule has 5 nitrogen and oxygen atoms in total. The molecule has 2 aliphatic heterocycles. The molecular formula is C24H30FN3O2. The quantitative estimate of drug-likeness (QED) is 0.794. The number of nitrogens with zero attached hydrogens (tertiary/aromatic N) is 2. The topological polar surface area (TPSA) is 68.5 Å². The Bertz CT molecular complexity index is 884. The van der Waals surface area contributed by atoms with Crippen LogP contribution >= 0.6 is 0 Å². The van der Waals surface area contributed by atoms with E-state index < -0.39 is 11.4 Å². The van der Waals surface area contributed by atoms with Gasteiger partial charge in [0.05, 0.1) is 30.0 Å². The number of nitrogens with one attached hydrogen (secondary N) is 1. The number of hydrogen-bond acceptors (Lipinski definition) is 5. The van der Waals surface area contributed by atoms with Gasteiger partial charge < -0.3 is 20.1 Å². The van der Waals surface area contributed by atoms with Crippen molar-refractivity contribution in [1.82, 2.24) is 5.32 Å². The molecule has 0 saturated carbocycles. The number of anilines is 1. The van der Waals surface area contributed by atoms with Crippen LogP contribution < -0.4 is 10.2 Å². The maximum atomic E-state index is 14.4. The molecule has 0 amide bonds. The third kappa shape index (κ3) is 4.75. The van der Waals surface area contributed by atoms with Gasteiger partial charge in [0.1, 0.15) is 5.83 Å². The maximum absolute atomic E-state index is 14.4. The first-order valence-electron chi connectivity index (χ1n) is 10.9. The Morgan fingerprint density at radius 2 is 2.13 bits per heavy atom. The first kappa shape index (κ1) is 21.0. The molecule has 0 bridgehead atoms. The summed E-state index contributed by atoms with van der Waals surface area (Å²) in [6, 6.07) is 8.41. The Hall–Kier alpha value is -2.20. The molecule has 2 saturated heterocycles. The monoisotopic (exact) mass is 411 g/mol. The molecule has 0 aromatic heterocycles. The summed E-state index contributed by atoms with van der Waals surface area (Å²) in [7, 11) is 0. The first-order chi connectivity index (χ1) is 14.4. The van der Waals surface area contributed by atoms with E-state index >= 15 is 0 Å². The number of piperidine rings is 1. The van der Waals surface area contributed by atoms with Crippen molar-refractivity contribution in [2.75, 3.05) is 37.7 Å². The molecule has 1 unspecified atom stereocenters. The van der Waals surface area contributed by atoms with Crippen molar-refractivity contribution in [3.63, 3.8) is 0 Å². The van der Waals surface area contributed by atoms with Crippen LogP contribution in [0.4, 0.5) is 10.1 Å². The van der Waals surface area contributed by atoms with Crippen molar-refractivity contribution in [3.05, 3.63) is 46.8 Å². The average molecular weight is 412 g/mol. The van der Waals surface area contributed by atoms with Crippen molar-refractivity contribution in [1.29, 1.82) is 5.26 Å². The molecule has 3 aliphatic rings. The van der Waals surface area contributed by atoms with Crippen molar-refractivity contribution < 1.29 is 14.2 Å². The Kier molecular flexibility index (Phi) is 6.24. The fourth-order valence-electron chi connectivity index (χ4n) is 4.50. The normalized spacial score (nSPS) is 24.4. The molecule has 2 N–H and O–H groups in total. The van der Waals surface area contributed by atoms with E-state index in [-0.39, 0.29) is 11.7 Å². The summed E-state index contributed by atoms with van der Waals surface area (Å²) < 4.78 is 20.3. The number of nitriles is 1. The largest absolute Gasteiger partial charge is 0.390 e. The molecular weight excluding hydrogens is 381 g/mol. The van der Waals surface area contributed by atoms with Gasteiger partial charge in [-0.3, -0.25) is 0 Å². The second-order valence-electron chi connectivity index (χ2n) is 8.84. The van der Waals surface area contributed by atoms with Gasteiger partial charge in [0, 0.05) is 37.4 Å². The minimum absolute atomic E-state index is 0.143. The minimum Gasteiger partial charge on any atom is -0.390 e. The number of ether oxygens (including phenoxy) is 1. The van der Waals surface area contributed by atoms with Crippen LogP contribution in [0.3, 0.4) is 0 Å². The third-order valence-electron chi connectivity index (χ3n) is 6.42. The van der Waals surface area contributed by atoms with Gasteiger partial charge in [-0.2, -0.15) is 5.26 Å². The molecule has 1 atom stereocenters. The maximum Gasteiger partial charge on any atom is 0.137 e. The predicted octanol–water partition coefficient (Wildman–Crippen LogP) is 3.49. The number of allylic oxidation sites excluding steroid dienone is 4. The highest BCUT2D eigenvalue weighted by atomic mass is 19.1.